The molecular weight excluding hydrogens is 381 g/mol. The number of nitrogens with zero attached hydrogens (tertiary/aromatic N) is 1. The highest BCUT2D eigenvalue weighted by molar-refractivity contribution is 7.10. The predicted octanol–water partition coefficient (Wildman–Crippen LogP) is 3.80. The van der Waals surface area contributed by atoms with E-state index in [1.54, 1.807) is 41.5 Å². The fraction of sp³-hybridized carbons (Fsp3) is 0.294. The molecule has 2 amide bonds. The molecule has 0 radical (unpaired) electrons. The Hall–Kier alpha value is -1.60. The number of carbonyl (C=O) groups excluding carboxylic acids is 2. The van der Waals surface area contributed by atoms with Gasteiger partial charge in [-0.25, -0.2) is 0 Å². The fourth-order valence-corrected chi connectivity index (χ4v) is 3.46. The van der Waals surface area contributed by atoms with Gasteiger partial charge in [-0.2, -0.15) is 0 Å². The first-order chi connectivity index (χ1) is 11.9. The summed E-state index contributed by atoms with van der Waals surface area (Å²) in [6, 6.07) is 8.85. The van der Waals surface area contributed by atoms with Gasteiger partial charge in [-0.1, -0.05) is 35.3 Å². The number of rotatable bonds is 7. The Morgan fingerprint density at radius 2 is 1.76 bits per heavy atom. The van der Waals surface area contributed by atoms with E-state index in [4.69, 9.17) is 23.2 Å². The number of nitrogens with one attached hydrogen (secondary N) is 2. The lowest BCUT2D eigenvalue weighted by molar-refractivity contribution is -0.123. The van der Waals surface area contributed by atoms with E-state index in [1.165, 1.54) is 0 Å². The number of benzene rings is 1. The zero-order valence-electron chi connectivity index (χ0n) is 13.9. The first-order valence-corrected chi connectivity index (χ1v) is 9.25. The lowest BCUT2D eigenvalue weighted by atomic mass is 10.2. The third-order valence-electron chi connectivity index (χ3n) is 3.40. The summed E-state index contributed by atoms with van der Waals surface area (Å²) in [6.07, 6.45) is 0. The van der Waals surface area contributed by atoms with E-state index in [2.05, 4.69) is 10.6 Å². The number of anilines is 1. The molecule has 2 aromatic rings. The molecule has 1 aromatic carbocycles. The number of thiophene rings is 1. The molecule has 5 nitrogen and oxygen atoms in total. The van der Waals surface area contributed by atoms with Crippen LogP contribution in [0.5, 0.6) is 0 Å². The van der Waals surface area contributed by atoms with E-state index in [1.807, 2.05) is 24.4 Å². The van der Waals surface area contributed by atoms with Gasteiger partial charge in [0, 0.05) is 4.88 Å². The first-order valence-electron chi connectivity index (χ1n) is 7.62. The summed E-state index contributed by atoms with van der Waals surface area (Å²) < 4.78 is 0. The van der Waals surface area contributed by atoms with Gasteiger partial charge in [0.25, 0.3) is 0 Å². The van der Waals surface area contributed by atoms with Crippen LogP contribution in [0.4, 0.5) is 5.69 Å². The average Bonchev–Trinajstić information content (AvgIpc) is 3.05. The van der Waals surface area contributed by atoms with Crippen LogP contribution in [0.15, 0.2) is 35.7 Å². The Labute approximate surface area is 160 Å². The number of halogens is 2. The Morgan fingerprint density at radius 3 is 2.36 bits per heavy atom. The topological polar surface area (TPSA) is 61.4 Å². The normalized spacial score (nSPS) is 12.0. The number of carbonyl (C=O) groups is 2. The van der Waals surface area contributed by atoms with Crippen LogP contribution in [0, 0.1) is 0 Å². The van der Waals surface area contributed by atoms with Crippen molar-refractivity contribution in [1.29, 1.82) is 0 Å². The van der Waals surface area contributed by atoms with Gasteiger partial charge in [0.2, 0.25) is 11.8 Å². The van der Waals surface area contributed by atoms with Crippen LogP contribution in [0.1, 0.15) is 17.8 Å². The summed E-state index contributed by atoms with van der Waals surface area (Å²) in [5, 5.41) is 8.28. The summed E-state index contributed by atoms with van der Waals surface area (Å²) in [7, 11) is 1.70. The molecule has 1 atom stereocenters. The number of hydrogen-bond acceptors (Lipinski definition) is 4. The molecule has 0 bridgehead atoms. The summed E-state index contributed by atoms with van der Waals surface area (Å²) in [4.78, 5) is 26.9. The minimum absolute atomic E-state index is 0.0440. The standard InChI is InChI=1S/C17H19Cl2N3O2S/c1-11(14-7-4-8-25-14)20-15(23)9-22(2)10-16(24)21-17-12(18)5-3-6-13(17)19/h3-8,11H,9-10H2,1-2H3,(H,20,23)(H,21,24)/t11-/m0/s1. The summed E-state index contributed by atoms with van der Waals surface area (Å²) in [6.45, 7) is 2.08. The van der Waals surface area contributed by atoms with Crippen LogP contribution in [0.25, 0.3) is 0 Å². The second kappa shape index (κ2) is 9.20. The lowest BCUT2D eigenvalue weighted by Gasteiger charge is -2.18. The molecule has 25 heavy (non-hydrogen) atoms. The number of likely N-dealkylation sites (N-methyl/N-ethyl adjacent to an activating group) is 1. The van der Waals surface area contributed by atoms with E-state index in [0.717, 1.165) is 4.88 Å². The van der Waals surface area contributed by atoms with Crippen LogP contribution in [-0.4, -0.2) is 36.9 Å². The molecular formula is C17H19Cl2N3O2S. The average molecular weight is 400 g/mol. The quantitative estimate of drug-likeness (QED) is 0.743. The van der Waals surface area contributed by atoms with Crippen molar-refractivity contribution in [3.8, 4) is 0 Å². The van der Waals surface area contributed by atoms with E-state index in [0.29, 0.717) is 15.7 Å². The van der Waals surface area contributed by atoms with E-state index in [9.17, 15) is 9.59 Å². The van der Waals surface area contributed by atoms with Gasteiger partial charge in [0.05, 0.1) is 34.9 Å². The molecule has 0 spiro atoms. The molecule has 0 saturated heterocycles. The molecule has 0 saturated carbocycles. The van der Waals surface area contributed by atoms with Crippen LogP contribution >= 0.6 is 34.5 Å². The van der Waals surface area contributed by atoms with E-state index < -0.39 is 0 Å². The molecule has 0 aliphatic rings. The van der Waals surface area contributed by atoms with Crippen molar-refractivity contribution in [2.75, 3.05) is 25.5 Å². The Bertz CT molecular complexity index is 717. The Balaban J connectivity index is 1.82. The predicted molar refractivity (Wildman–Crippen MR) is 103 cm³/mol. The third-order valence-corrected chi connectivity index (χ3v) is 5.09. The molecule has 1 aromatic heterocycles. The van der Waals surface area contributed by atoms with Crippen molar-refractivity contribution < 1.29 is 9.59 Å². The smallest absolute Gasteiger partial charge is 0.238 e. The van der Waals surface area contributed by atoms with Gasteiger partial charge in [0.1, 0.15) is 0 Å². The molecule has 2 N–H and O–H groups in total. The molecule has 1 heterocycles. The highest BCUT2D eigenvalue weighted by Gasteiger charge is 2.15. The molecule has 2 rings (SSSR count). The summed E-state index contributed by atoms with van der Waals surface area (Å²) in [5.41, 5.74) is 0.375. The zero-order chi connectivity index (χ0) is 18.4. The monoisotopic (exact) mass is 399 g/mol. The number of hydrogen-bond donors (Lipinski definition) is 2. The molecule has 0 fully saturated rings. The van der Waals surface area contributed by atoms with Gasteiger partial charge in [-0.05, 0) is 37.6 Å². The molecule has 0 unspecified atom stereocenters. The molecule has 8 heteroatoms. The minimum Gasteiger partial charge on any atom is -0.348 e. The van der Waals surface area contributed by atoms with Crippen molar-refractivity contribution in [1.82, 2.24) is 10.2 Å². The van der Waals surface area contributed by atoms with Gasteiger partial charge in [-0.3, -0.25) is 14.5 Å². The van der Waals surface area contributed by atoms with Crippen LogP contribution in [-0.2, 0) is 9.59 Å². The first kappa shape index (κ1) is 19.7. The Morgan fingerprint density at radius 1 is 1.12 bits per heavy atom. The third kappa shape index (κ3) is 6.01. The van der Waals surface area contributed by atoms with Crippen LogP contribution in [0.2, 0.25) is 10.0 Å². The van der Waals surface area contributed by atoms with Crippen molar-refractivity contribution in [3.05, 3.63) is 50.6 Å². The molecule has 134 valence electrons. The maximum Gasteiger partial charge on any atom is 0.238 e. The Kier molecular flexibility index (Phi) is 7.25. The van der Waals surface area contributed by atoms with Gasteiger partial charge < -0.3 is 10.6 Å². The van der Waals surface area contributed by atoms with Gasteiger partial charge >= 0.3 is 0 Å². The molecule has 0 aliphatic carbocycles. The number of amides is 2. The second-order valence-corrected chi connectivity index (χ2v) is 7.42. The van der Waals surface area contributed by atoms with Crippen molar-refractivity contribution in [3.63, 3.8) is 0 Å². The lowest BCUT2D eigenvalue weighted by Crippen LogP contribution is -2.39. The maximum atomic E-state index is 12.1. The van der Waals surface area contributed by atoms with Crippen molar-refractivity contribution in [2.24, 2.45) is 0 Å². The minimum atomic E-state index is -0.295. The summed E-state index contributed by atoms with van der Waals surface area (Å²) in [5.74, 6) is -0.441. The van der Waals surface area contributed by atoms with Crippen molar-refractivity contribution >= 4 is 52.0 Å². The summed E-state index contributed by atoms with van der Waals surface area (Å²) >= 11 is 13.6. The van der Waals surface area contributed by atoms with Crippen LogP contribution < -0.4 is 10.6 Å². The zero-order valence-corrected chi connectivity index (χ0v) is 16.2. The molecule has 0 aliphatic heterocycles. The van der Waals surface area contributed by atoms with Crippen LogP contribution in [0.3, 0.4) is 0 Å². The van der Waals surface area contributed by atoms with E-state index >= 15 is 0 Å². The van der Waals surface area contributed by atoms with Gasteiger partial charge in [0.15, 0.2) is 0 Å². The highest BCUT2D eigenvalue weighted by atomic mass is 35.5. The number of para-hydroxylation sites is 1. The largest absolute Gasteiger partial charge is 0.348 e. The second-order valence-electron chi connectivity index (χ2n) is 5.62. The fourth-order valence-electron chi connectivity index (χ4n) is 2.24. The van der Waals surface area contributed by atoms with E-state index in [-0.39, 0.29) is 30.9 Å². The van der Waals surface area contributed by atoms with Crippen molar-refractivity contribution in [2.45, 2.75) is 13.0 Å². The maximum absolute atomic E-state index is 12.1. The SMILES string of the molecule is C[C@H](NC(=O)CN(C)CC(=O)Nc1c(Cl)cccc1Cl)c1cccs1. The highest BCUT2D eigenvalue weighted by Crippen LogP contribution is 2.29. The van der Waals surface area contributed by atoms with Gasteiger partial charge in [-0.15, -0.1) is 11.3 Å².